The van der Waals surface area contributed by atoms with Gasteiger partial charge in [0, 0.05) is 13.1 Å². The molecule has 0 bridgehead atoms. The third-order valence-electron chi connectivity index (χ3n) is 2.76. The van der Waals surface area contributed by atoms with E-state index in [9.17, 15) is 4.79 Å². The molecule has 0 aliphatic carbocycles. The van der Waals surface area contributed by atoms with Crippen molar-refractivity contribution >= 4 is 6.09 Å². The quantitative estimate of drug-likeness (QED) is 0.823. The molecule has 2 rings (SSSR count). The highest BCUT2D eigenvalue weighted by molar-refractivity contribution is 5.70. The first kappa shape index (κ1) is 11.0. The fourth-order valence-corrected chi connectivity index (χ4v) is 1.96. The smallest absolute Gasteiger partial charge is 0.410 e. The van der Waals surface area contributed by atoms with E-state index in [0.29, 0.717) is 19.7 Å². The van der Waals surface area contributed by atoms with Gasteiger partial charge in [-0.2, -0.15) is 0 Å². The van der Waals surface area contributed by atoms with Gasteiger partial charge in [0.2, 0.25) is 0 Å². The third-order valence-corrected chi connectivity index (χ3v) is 2.76. The molecule has 1 saturated heterocycles. The monoisotopic (exact) mass is 220 g/mol. The number of carbonyl (C=O) groups is 1. The molecule has 0 aromatic heterocycles. The second kappa shape index (κ2) is 4.99. The number of rotatable bonds is 4. The van der Waals surface area contributed by atoms with Crippen LogP contribution in [0.25, 0.3) is 0 Å². The summed E-state index contributed by atoms with van der Waals surface area (Å²) in [7, 11) is 0. The highest BCUT2D eigenvalue weighted by Gasteiger charge is 2.31. The van der Waals surface area contributed by atoms with Gasteiger partial charge in [-0.05, 0) is 12.0 Å². The number of nitrogens with zero attached hydrogens (tertiary/aromatic N) is 1. The molecule has 1 aliphatic heterocycles. The predicted molar refractivity (Wildman–Crippen MR) is 61.0 cm³/mol. The second-order valence-corrected chi connectivity index (χ2v) is 3.90. The summed E-state index contributed by atoms with van der Waals surface area (Å²) in [6.45, 7) is 1.50. The molecule has 4 heteroatoms. The van der Waals surface area contributed by atoms with E-state index in [4.69, 9.17) is 10.5 Å². The highest BCUT2D eigenvalue weighted by atomic mass is 16.6. The van der Waals surface area contributed by atoms with Gasteiger partial charge in [0.25, 0.3) is 0 Å². The Kier molecular flexibility index (Phi) is 3.41. The Labute approximate surface area is 95.0 Å². The molecular weight excluding hydrogens is 204 g/mol. The van der Waals surface area contributed by atoms with Crippen molar-refractivity contribution in [1.29, 1.82) is 0 Å². The molecule has 86 valence electrons. The zero-order valence-electron chi connectivity index (χ0n) is 9.13. The molecule has 1 heterocycles. The molecular formula is C12H16N2O2. The number of cyclic esters (lactones) is 1. The molecule has 1 aromatic carbocycles. The van der Waals surface area contributed by atoms with Gasteiger partial charge in [0.05, 0.1) is 6.04 Å². The molecule has 1 aromatic rings. The zero-order chi connectivity index (χ0) is 11.4. The molecule has 1 aliphatic rings. The van der Waals surface area contributed by atoms with Crippen molar-refractivity contribution in [2.24, 2.45) is 5.73 Å². The molecule has 16 heavy (non-hydrogen) atoms. The summed E-state index contributed by atoms with van der Waals surface area (Å²) in [6.07, 6.45) is 0.582. The number of amides is 1. The molecule has 1 fully saturated rings. The van der Waals surface area contributed by atoms with E-state index in [0.717, 1.165) is 6.42 Å². The van der Waals surface area contributed by atoms with Crippen LogP contribution in [-0.2, 0) is 11.2 Å². The number of hydrogen-bond acceptors (Lipinski definition) is 3. The third kappa shape index (κ3) is 2.33. The molecule has 4 nitrogen and oxygen atoms in total. The van der Waals surface area contributed by atoms with Crippen LogP contribution < -0.4 is 5.73 Å². The van der Waals surface area contributed by atoms with Crippen molar-refractivity contribution in [2.45, 2.75) is 12.5 Å². The maximum atomic E-state index is 11.4. The Morgan fingerprint density at radius 2 is 2.12 bits per heavy atom. The van der Waals surface area contributed by atoms with E-state index < -0.39 is 0 Å². The van der Waals surface area contributed by atoms with Gasteiger partial charge in [-0.15, -0.1) is 0 Å². The summed E-state index contributed by atoms with van der Waals surface area (Å²) in [6, 6.07) is 10.2. The number of carbonyl (C=O) groups excluding carboxylic acids is 1. The summed E-state index contributed by atoms with van der Waals surface area (Å²) >= 11 is 0. The fraction of sp³-hybridized carbons (Fsp3) is 0.417. The molecule has 0 spiro atoms. The SMILES string of the molecule is NCCN1C(=O)OCC1Cc1ccccc1. The summed E-state index contributed by atoms with van der Waals surface area (Å²) < 4.78 is 5.03. The zero-order valence-corrected chi connectivity index (χ0v) is 9.13. The first-order valence-electron chi connectivity index (χ1n) is 5.48. The van der Waals surface area contributed by atoms with E-state index >= 15 is 0 Å². The predicted octanol–water partition coefficient (Wildman–Crippen LogP) is 1.01. The summed E-state index contributed by atoms with van der Waals surface area (Å²) in [5.41, 5.74) is 6.69. The summed E-state index contributed by atoms with van der Waals surface area (Å²) in [5, 5.41) is 0. The Morgan fingerprint density at radius 3 is 2.81 bits per heavy atom. The van der Waals surface area contributed by atoms with Crippen molar-refractivity contribution in [2.75, 3.05) is 19.7 Å². The molecule has 1 unspecified atom stereocenters. The van der Waals surface area contributed by atoms with E-state index in [1.165, 1.54) is 5.56 Å². The summed E-state index contributed by atoms with van der Waals surface area (Å²) in [5.74, 6) is 0. The minimum absolute atomic E-state index is 0.124. The average Bonchev–Trinajstić information content (AvgIpc) is 2.64. The van der Waals surface area contributed by atoms with Crippen molar-refractivity contribution in [3.05, 3.63) is 35.9 Å². The second-order valence-electron chi connectivity index (χ2n) is 3.90. The maximum Gasteiger partial charge on any atom is 0.410 e. The van der Waals surface area contributed by atoms with Gasteiger partial charge in [-0.25, -0.2) is 4.79 Å². The minimum atomic E-state index is -0.244. The van der Waals surface area contributed by atoms with Gasteiger partial charge < -0.3 is 15.4 Å². The largest absolute Gasteiger partial charge is 0.447 e. The molecule has 1 amide bonds. The first-order valence-corrected chi connectivity index (χ1v) is 5.48. The van der Waals surface area contributed by atoms with Crippen molar-refractivity contribution in [3.63, 3.8) is 0 Å². The van der Waals surface area contributed by atoms with Gasteiger partial charge in [-0.3, -0.25) is 0 Å². The van der Waals surface area contributed by atoms with Crippen molar-refractivity contribution in [3.8, 4) is 0 Å². The minimum Gasteiger partial charge on any atom is -0.447 e. The number of hydrogen-bond donors (Lipinski definition) is 1. The molecule has 2 N–H and O–H groups in total. The Bertz CT molecular complexity index is 353. The Morgan fingerprint density at radius 1 is 1.38 bits per heavy atom. The van der Waals surface area contributed by atoms with Gasteiger partial charge in [0.1, 0.15) is 6.61 Å². The molecule has 1 atom stereocenters. The van der Waals surface area contributed by atoms with Crippen LogP contribution in [0.3, 0.4) is 0 Å². The average molecular weight is 220 g/mol. The molecule has 0 saturated carbocycles. The Hall–Kier alpha value is -1.55. The number of ether oxygens (including phenoxy) is 1. The normalized spacial score (nSPS) is 19.9. The maximum absolute atomic E-state index is 11.4. The van der Waals surface area contributed by atoms with Crippen LogP contribution in [0.15, 0.2) is 30.3 Å². The van der Waals surface area contributed by atoms with E-state index in [1.54, 1.807) is 4.90 Å². The summed E-state index contributed by atoms with van der Waals surface area (Å²) in [4.78, 5) is 13.1. The van der Waals surface area contributed by atoms with Gasteiger partial charge in [-0.1, -0.05) is 30.3 Å². The van der Waals surface area contributed by atoms with Gasteiger partial charge in [0.15, 0.2) is 0 Å². The lowest BCUT2D eigenvalue weighted by molar-refractivity contribution is 0.158. The standard InChI is InChI=1S/C12H16N2O2/c13-6-7-14-11(9-16-12(14)15)8-10-4-2-1-3-5-10/h1-5,11H,6-9,13H2. The van der Waals surface area contributed by atoms with Crippen LogP contribution in [0.2, 0.25) is 0 Å². The lowest BCUT2D eigenvalue weighted by Crippen LogP contribution is -2.38. The van der Waals surface area contributed by atoms with E-state index in [-0.39, 0.29) is 12.1 Å². The van der Waals surface area contributed by atoms with Crippen LogP contribution >= 0.6 is 0 Å². The highest BCUT2D eigenvalue weighted by Crippen LogP contribution is 2.16. The van der Waals surface area contributed by atoms with Crippen LogP contribution in [0, 0.1) is 0 Å². The van der Waals surface area contributed by atoms with Crippen LogP contribution in [0.1, 0.15) is 5.56 Å². The van der Waals surface area contributed by atoms with E-state index in [1.807, 2.05) is 18.2 Å². The number of nitrogens with two attached hydrogens (primary N) is 1. The topological polar surface area (TPSA) is 55.6 Å². The van der Waals surface area contributed by atoms with Crippen LogP contribution in [0.5, 0.6) is 0 Å². The van der Waals surface area contributed by atoms with Crippen LogP contribution in [0.4, 0.5) is 4.79 Å². The number of benzene rings is 1. The van der Waals surface area contributed by atoms with Crippen molar-refractivity contribution < 1.29 is 9.53 Å². The van der Waals surface area contributed by atoms with Crippen LogP contribution in [-0.4, -0.2) is 36.7 Å². The van der Waals surface area contributed by atoms with E-state index in [2.05, 4.69) is 12.1 Å². The van der Waals surface area contributed by atoms with Crippen molar-refractivity contribution in [1.82, 2.24) is 4.90 Å². The first-order chi connectivity index (χ1) is 7.81. The van der Waals surface area contributed by atoms with Gasteiger partial charge >= 0.3 is 6.09 Å². The lowest BCUT2D eigenvalue weighted by Gasteiger charge is -2.20. The Balaban J connectivity index is 2.01. The fourth-order valence-electron chi connectivity index (χ4n) is 1.96. The molecule has 0 radical (unpaired) electrons. The lowest BCUT2D eigenvalue weighted by atomic mass is 10.1.